The molecule has 4 fully saturated rings. The molecule has 3 aromatic rings. The lowest BCUT2D eigenvalue weighted by Crippen LogP contribution is -2.54. The number of amides is 5. The third-order valence-electron chi connectivity index (χ3n) is 11.5. The van der Waals surface area contributed by atoms with Crippen LogP contribution in [-0.2, 0) is 14.4 Å². The number of likely N-dealkylation sites (tertiary alicyclic amines) is 1. The van der Waals surface area contributed by atoms with Crippen molar-refractivity contribution in [3.05, 3.63) is 42.0 Å². The van der Waals surface area contributed by atoms with Crippen LogP contribution in [0.5, 0.6) is 0 Å². The van der Waals surface area contributed by atoms with Crippen LogP contribution in [0, 0.1) is 11.8 Å². The van der Waals surface area contributed by atoms with E-state index >= 15 is 0 Å². The molecule has 0 radical (unpaired) electrons. The lowest BCUT2D eigenvalue weighted by molar-refractivity contribution is -0.136. The Morgan fingerprint density at radius 1 is 0.902 bits per heavy atom. The molecule has 1 aromatic carbocycles. The largest absolute Gasteiger partial charge is 0.371 e. The van der Waals surface area contributed by atoms with Gasteiger partial charge in [0.1, 0.15) is 17.9 Å². The smallest absolute Gasteiger partial charge is 0.262 e. The summed E-state index contributed by atoms with van der Waals surface area (Å²) < 4.78 is 2.11. The maximum absolute atomic E-state index is 13.3. The number of hydrogen-bond donors (Lipinski definition) is 3. The Labute approximate surface area is 295 Å². The number of carbonyl (C=O) groups is 5. The second-order valence-corrected chi connectivity index (χ2v) is 14.8. The molecule has 3 N–H and O–H groups in total. The van der Waals surface area contributed by atoms with Crippen LogP contribution in [0.15, 0.2) is 30.9 Å². The molecule has 0 spiro atoms. The highest BCUT2D eigenvalue weighted by Crippen LogP contribution is 2.36. The van der Waals surface area contributed by atoms with Crippen LogP contribution in [-0.4, -0.2) is 110 Å². The van der Waals surface area contributed by atoms with Crippen molar-refractivity contribution in [1.29, 1.82) is 0 Å². The molecule has 3 saturated heterocycles. The van der Waals surface area contributed by atoms with E-state index in [1.807, 2.05) is 12.4 Å². The highest BCUT2D eigenvalue weighted by atomic mass is 16.2. The fourth-order valence-corrected chi connectivity index (χ4v) is 8.48. The first-order chi connectivity index (χ1) is 24.7. The number of carbonyl (C=O) groups excluding carboxylic acids is 5. The normalized spacial score (nSPS) is 24.8. The van der Waals surface area contributed by atoms with Crippen LogP contribution in [0.2, 0.25) is 0 Å². The number of benzene rings is 1. The van der Waals surface area contributed by atoms with Gasteiger partial charge in [0.2, 0.25) is 17.7 Å². The summed E-state index contributed by atoms with van der Waals surface area (Å²) in [4.78, 5) is 81.3. The lowest BCUT2D eigenvalue weighted by Gasteiger charge is -2.38. The molecular weight excluding hydrogens is 652 g/mol. The molecule has 15 nitrogen and oxygen atoms in total. The Morgan fingerprint density at radius 3 is 2.39 bits per heavy atom. The van der Waals surface area contributed by atoms with E-state index in [9.17, 15) is 24.0 Å². The van der Waals surface area contributed by atoms with Gasteiger partial charge in [0.15, 0.2) is 11.5 Å². The summed E-state index contributed by atoms with van der Waals surface area (Å²) in [5.41, 5.74) is 3.17. The van der Waals surface area contributed by atoms with E-state index in [2.05, 4.69) is 45.3 Å². The number of imide groups is 2. The first-order valence-corrected chi connectivity index (χ1v) is 18.2. The average Bonchev–Trinajstić information content (AvgIpc) is 3.64. The summed E-state index contributed by atoms with van der Waals surface area (Å²) in [5, 5.41) is 8.79. The third kappa shape index (κ3) is 6.54. The van der Waals surface area contributed by atoms with Crippen molar-refractivity contribution in [2.45, 2.75) is 76.4 Å². The quantitative estimate of drug-likeness (QED) is 0.280. The molecule has 15 heteroatoms. The highest BCUT2D eigenvalue weighted by Gasteiger charge is 2.45. The van der Waals surface area contributed by atoms with Crippen molar-refractivity contribution < 1.29 is 24.0 Å². The molecule has 1 atom stereocenters. The molecule has 0 bridgehead atoms. The van der Waals surface area contributed by atoms with Crippen molar-refractivity contribution in [2.24, 2.45) is 11.8 Å². The number of piperidine rings is 3. The van der Waals surface area contributed by atoms with Crippen LogP contribution in [0.3, 0.4) is 0 Å². The van der Waals surface area contributed by atoms with Crippen LogP contribution in [0.4, 0.5) is 11.5 Å². The summed E-state index contributed by atoms with van der Waals surface area (Å²) in [6.07, 6.45) is 9.81. The van der Waals surface area contributed by atoms with Crippen LogP contribution in [0.1, 0.15) is 85.0 Å². The van der Waals surface area contributed by atoms with Crippen LogP contribution >= 0.6 is 0 Å². The maximum atomic E-state index is 13.3. The molecule has 268 valence electrons. The van der Waals surface area contributed by atoms with Gasteiger partial charge in [0.05, 0.1) is 17.5 Å². The summed E-state index contributed by atoms with van der Waals surface area (Å²) in [6.45, 7) is 7.38. The number of nitrogens with one attached hydrogen (secondary N) is 3. The van der Waals surface area contributed by atoms with E-state index in [0.717, 1.165) is 105 Å². The topological polar surface area (TPSA) is 175 Å². The van der Waals surface area contributed by atoms with Gasteiger partial charge in [-0.3, -0.25) is 34.2 Å². The predicted molar refractivity (Wildman–Crippen MR) is 187 cm³/mol. The molecule has 5 amide bonds. The van der Waals surface area contributed by atoms with Gasteiger partial charge in [0.25, 0.3) is 11.8 Å². The van der Waals surface area contributed by atoms with Crippen molar-refractivity contribution in [1.82, 2.24) is 40.0 Å². The van der Waals surface area contributed by atoms with Crippen LogP contribution in [0.25, 0.3) is 11.2 Å². The minimum absolute atomic E-state index is 0.00635. The van der Waals surface area contributed by atoms with Gasteiger partial charge < -0.3 is 25.0 Å². The van der Waals surface area contributed by atoms with E-state index in [1.54, 1.807) is 25.4 Å². The fourth-order valence-electron chi connectivity index (χ4n) is 8.48. The highest BCUT2D eigenvalue weighted by molar-refractivity contribution is 6.23. The average molecular weight is 697 g/mol. The van der Waals surface area contributed by atoms with Crippen molar-refractivity contribution in [3.8, 4) is 0 Å². The molecule has 6 heterocycles. The molecule has 1 aliphatic carbocycles. The first kappa shape index (κ1) is 33.2. The minimum atomic E-state index is -0.958. The zero-order valence-electron chi connectivity index (χ0n) is 28.8. The van der Waals surface area contributed by atoms with Crippen molar-refractivity contribution >= 4 is 52.2 Å². The fraction of sp³-hybridized carbons (Fsp3) is 0.556. The van der Waals surface area contributed by atoms with Gasteiger partial charge in [0, 0.05) is 57.3 Å². The predicted octanol–water partition coefficient (Wildman–Crippen LogP) is 2.11. The van der Waals surface area contributed by atoms with E-state index in [-0.39, 0.29) is 36.7 Å². The van der Waals surface area contributed by atoms with Crippen molar-refractivity contribution in [2.75, 3.05) is 49.5 Å². The van der Waals surface area contributed by atoms with Gasteiger partial charge in [-0.25, -0.2) is 15.0 Å². The molecule has 8 rings (SSSR count). The molecule has 2 aromatic heterocycles. The monoisotopic (exact) mass is 696 g/mol. The van der Waals surface area contributed by atoms with E-state index in [4.69, 9.17) is 0 Å². The zero-order valence-corrected chi connectivity index (χ0v) is 28.8. The summed E-state index contributed by atoms with van der Waals surface area (Å²) in [5.74, 6) is 0.0151. The van der Waals surface area contributed by atoms with Gasteiger partial charge in [-0.05, 0) is 88.1 Å². The lowest BCUT2D eigenvalue weighted by atomic mass is 9.86. The summed E-state index contributed by atoms with van der Waals surface area (Å²) in [6, 6.07) is 4.92. The number of anilines is 2. The minimum Gasteiger partial charge on any atom is -0.371 e. The zero-order chi connectivity index (χ0) is 35.2. The number of rotatable bonds is 9. The van der Waals surface area contributed by atoms with E-state index in [0.29, 0.717) is 23.0 Å². The standard InChI is InChI=1S/C36H44N10O5/c1-21(47)41-24-14-26(15-24)45-20-40-31-32(38-19-39-33(31)45)37-17-22-6-10-43(11-7-22)18-23-8-12-44(13-9-23)25-2-3-27-28(16-25)36(51)46(35(27)50)29-4-5-30(48)42-34(29)49/h2-3,16,19-20,22-24,26,29H,4-15,17-18H2,1H3,(H,41,47)(H,37,38,39)(H,42,48,49)/t24?,26?,29-/m0/s1. The van der Waals surface area contributed by atoms with Gasteiger partial charge in [-0.1, -0.05) is 0 Å². The number of aromatic nitrogens is 4. The Bertz CT molecular complexity index is 1870. The Kier molecular flexibility index (Phi) is 8.90. The molecule has 4 aliphatic heterocycles. The molecule has 0 unspecified atom stereocenters. The van der Waals surface area contributed by atoms with Crippen molar-refractivity contribution in [3.63, 3.8) is 0 Å². The Morgan fingerprint density at radius 2 is 1.65 bits per heavy atom. The number of imidazole rings is 1. The molecule has 1 saturated carbocycles. The van der Waals surface area contributed by atoms with E-state index < -0.39 is 23.8 Å². The Balaban J connectivity index is 0.788. The number of fused-ring (bicyclic) bond motifs is 2. The second-order valence-electron chi connectivity index (χ2n) is 14.8. The number of nitrogens with zero attached hydrogens (tertiary/aromatic N) is 7. The molecule has 5 aliphatic rings. The molecule has 51 heavy (non-hydrogen) atoms. The van der Waals surface area contributed by atoms with Gasteiger partial charge in [-0.15, -0.1) is 0 Å². The Hall–Kier alpha value is -4.92. The second kappa shape index (κ2) is 13.7. The maximum Gasteiger partial charge on any atom is 0.262 e. The van der Waals surface area contributed by atoms with Gasteiger partial charge >= 0.3 is 0 Å². The number of hydrogen-bond acceptors (Lipinski definition) is 11. The van der Waals surface area contributed by atoms with E-state index in [1.165, 1.54) is 0 Å². The summed E-state index contributed by atoms with van der Waals surface area (Å²) >= 11 is 0. The third-order valence-corrected chi connectivity index (χ3v) is 11.5. The summed E-state index contributed by atoms with van der Waals surface area (Å²) in [7, 11) is 0. The molecular formula is C36H44N10O5. The SMILES string of the molecule is CC(=O)NC1CC(n2cnc3c(NCC4CCN(CC5CCN(c6ccc7c(c6)C(=O)N([C@H]6CCC(=O)NC6=O)C7=O)CC5)CC4)ncnc32)C1. The first-order valence-electron chi connectivity index (χ1n) is 18.2. The van der Waals surface area contributed by atoms with Gasteiger partial charge in [-0.2, -0.15) is 0 Å². The van der Waals surface area contributed by atoms with Crippen LogP contribution < -0.4 is 20.9 Å².